The van der Waals surface area contributed by atoms with Gasteiger partial charge in [0.1, 0.15) is 5.76 Å². The normalized spacial score (nSPS) is 17.9. The molecular weight excluding hydrogens is 200 g/mol. The van der Waals surface area contributed by atoms with E-state index in [0.717, 1.165) is 24.8 Å². The van der Waals surface area contributed by atoms with Crippen molar-refractivity contribution in [1.29, 1.82) is 0 Å². The first kappa shape index (κ1) is 11.7. The molecule has 1 N–H and O–H groups in total. The first-order valence-electron chi connectivity index (χ1n) is 6.19. The van der Waals surface area contributed by atoms with Crippen molar-refractivity contribution >= 4 is 0 Å². The summed E-state index contributed by atoms with van der Waals surface area (Å²) in [5, 5.41) is 3.43. The Hall–Kier alpha value is -0.800. The van der Waals surface area contributed by atoms with Crippen molar-refractivity contribution in [3.05, 3.63) is 24.2 Å². The minimum atomic E-state index is 0.593. The maximum atomic E-state index is 5.27. The Morgan fingerprint density at radius 1 is 1.56 bits per heavy atom. The first-order valence-corrected chi connectivity index (χ1v) is 6.19. The van der Waals surface area contributed by atoms with Gasteiger partial charge in [-0.3, -0.25) is 0 Å². The number of nitrogens with zero attached hydrogens (tertiary/aromatic N) is 1. The van der Waals surface area contributed by atoms with Gasteiger partial charge in [-0.05, 0) is 44.9 Å². The molecule has 0 amide bonds. The van der Waals surface area contributed by atoms with Crippen LogP contribution < -0.4 is 5.32 Å². The molecular formula is C13H22N2O. The highest BCUT2D eigenvalue weighted by atomic mass is 16.3. The van der Waals surface area contributed by atoms with Gasteiger partial charge < -0.3 is 14.6 Å². The van der Waals surface area contributed by atoms with Gasteiger partial charge in [0.15, 0.2) is 0 Å². The van der Waals surface area contributed by atoms with Crippen molar-refractivity contribution in [2.75, 3.05) is 20.1 Å². The Kier molecular flexibility index (Phi) is 4.02. The summed E-state index contributed by atoms with van der Waals surface area (Å²) in [7, 11) is 2.22. The van der Waals surface area contributed by atoms with Crippen molar-refractivity contribution in [2.45, 2.75) is 32.4 Å². The predicted octanol–water partition coefficient (Wildman–Crippen LogP) is 2.10. The van der Waals surface area contributed by atoms with Crippen molar-refractivity contribution < 1.29 is 4.42 Å². The van der Waals surface area contributed by atoms with Crippen molar-refractivity contribution in [3.63, 3.8) is 0 Å². The fourth-order valence-electron chi connectivity index (χ4n) is 1.86. The zero-order valence-electron chi connectivity index (χ0n) is 10.3. The van der Waals surface area contributed by atoms with Crippen LogP contribution in [-0.2, 0) is 6.54 Å². The average Bonchev–Trinajstić information content (AvgIpc) is 2.93. The Labute approximate surface area is 97.8 Å². The largest absolute Gasteiger partial charge is 0.468 e. The van der Waals surface area contributed by atoms with E-state index in [1.165, 1.54) is 19.4 Å². The van der Waals surface area contributed by atoms with Gasteiger partial charge in [-0.15, -0.1) is 0 Å². The van der Waals surface area contributed by atoms with Crippen molar-refractivity contribution in [2.24, 2.45) is 5.92 Å². The fraction of sp³-hybridized carbons (Fsp3) is 0.692. The maximum Gasteiger partial charge on any atom is 0.117 e. The van der Waals surface area contributed by atoms with Gasteiger partial charge >= 0.3 is 0 Å². The Balaban J connectivity index is 1.60. The van der Waals surface area contributed by atoms with Crippen LogP contribution in [0.5, 0.6) is 0 Å². The van der Waals surface area contributed by atoms with Crippen LogP contribution in [0.2, 0.25) is 0 Å². The molecule has 1 atom stereocenters. The van der Waals surface area contributed by atoms with Gasteiger partial charge in [-0.25, -0.2) is 0 Å². The number of hydrogen-bond acceptors (Lipinski definition) is 3. The topological polar surface area (TPSA) is 28.4 Å². The number of likely N-dealkylation sites (N-methyl/N-ethyl adjacent to an activating group) is 1. The average molecular weight is 222 g/mol. The van der Waals surface area contributed by atoms with E-state index in [0.29, 0.717) is 6.04 Å². The summed E-state index contributed by atoms with van der Waals surface area (Å²) >= 11 is 0. The molecule has 0 radical (unpaired) electrons. The third-order valence-corrected chi connectivity index (χ3v) is 3.31. The Bertz CT molecular complexity index is 293. The van der Waals surface area contributed by atoms with Crippen LogP contribution in [0.1, 0.15) is 25.5 Å². The van der Waals surface area contributed by atoms with E-state index in [9.17, 15) is 0 Å². The molecule has 0 spiro atoms. The van der Waals surface area contributed by atoms with Crippen LogP contribution in [0, 0.1) is 5.92 Å². The Morgan fingerprint density at radius 3 is 3.00 bits per heavy atom. The minimum Gasteiger partial charge on any atom is -0.468 e. The van der Waals surface area contributed by atoms with E-state index in [-0.39, 0.29) is 0 Å². The van der Waals surface area contributed by atoms with Gasteiger partial charge in [0.05, 0.1) is 12.8 Å². The second-order valence-electron chi connectivity index (χ2n) is 4.94. The molecule has 1 aromatic rings. The molecule has 1 aliphatic rings. The summed E-state index contributed by atoms with van der Waals surface area (Å²) in [5.41, 5.74) is 0. The monoisotopic (exact) mass is 222 g/mol. The lowest BCUT2D eigenvalue weighted by Crippen LogP contribution is -2.38. The summed E-state index contributed by atoms with van der Waals surface area (Å²) in [6.07, 6.45) is 4.58. The zero-order chi connectivity index (χ0) is 11.4. The van der Waals surface area contributed by atoms with E-state index in [2.05, 4.69) is 24.2 Å². The van der Waals surface area contributed by atoms with Gasteiger partial charge in [0, 0.05) is 19.1 Å². The lowest BCUT2D eigenvalue weighted by atomic mass is 10.2. The van der Waals surface area contributed by atoms with Crippen LogP contribution in [0.15, 0.2) is 22.8 Å². The minimum absolute atomic E-state index is 0.593. The van der Waals surface area contributed by atoms with Crippen LogP contribution in [0.3, 0.4) is 0 Å². The molecule has 0 aliphatic heterocycles. The van der Waals surface area contributed by atoms with Crippen LogP contribution >= 0.6 is 0 Å². The molecule has 3 nitrogen and oxygen atoms in total. The number of rotatable bonds is 7. The molecule has 1 saturated carbocycles. The number of furan rings is 1. The van der Waals surface area contributed by atoms with E-state index < -0.39 is 0 Å². The highest BCUT2D eigenvalue weighted by Gasteiger charge is 2.24. The SMILES string of the molecule is CC(CNCc1ccco1)N(C)CC1CC1. The van der Waals surface area contributed by atoms with Crippen LogP contribution in [0.4, 0.5) is 0 Å². The van der Waals surface area contributed by atoms with Gasteiger partial charge in [-0.1, -0.05) is 0 Å². The zero-order valence-corrected chi connectivity index (χ0v) is 10.3. The van der Waals surface area contributed by atoms with Gasteiger partial charge in [0.25, 0.3) is 0 Å². The highest BCUT2D eigenvalue weighted by molar-refractivity contribution is 4.97. The van der Waals surface area contributed by atoms with Crippen LogP contribution in [0.25, 0.3) is 0 Å². The molecule has 1 heterocycles. The second kappa shape index (κ2) is 5.51. The molecule has 2 rings (SSSR count). The maximum absolute atomic E-state index is 5.27. The highest BCUT2D eigenvalue weighted by Crippen LogP contribution is 2.29. The molecule has 0 bridgehead atoms. The lowest BCUT2D eigenvalue weighted by Gasteiger charge is -2.24. The number of nitrogens with one attached hydrogen (secondary N) is 1. The van der Waals surface area contributed by atoms with E-state index in [1.807, 2.05) is 12.1 Å². The summed E-state index contributed by atoms with van der Waals surface area (Å²) in [6.45, 7) is 5.37. The summed E-state index contributed by atoms with van der Waals surface area (Å²) < 4.78 is 5.27. The van der Waals surface area contributed by atoms with Gasteiger partial charge in [0.2, 0.25) is 0 Å². The third-order valence-electron chi connectivity index (χ3n) is 3.31. The fourth-order valence-corrected chi connectivity index (χ4v) is 1.86. The van der Waals surface area contributed by atoms with E-state index in [4.69, 9.17) is 4.42 Å². The standard InChI is InChI=1S/C13H22N2O/c1-11(15(2)10-12-5-6-12)8-14-9-13-4-3-7-16-13/h3-4,7,11-12,14H,5-6,8-10H2,1-2H3. The molecule has 16 heavy (non-hydrogen) atoms. The van der Waals surface area contributed by atoms with Crippen molar-refractivity contribution in [3.8, 4) is 0 Å². The van der Waals surface area contributed by atoms with E-state index >= 15 is 0 Å². The summed E-state index contributed by atoms with van der Waals surface area (Å²) in [6, 6.07) is 4.53. The predicted molar refractivity (Wildman–Crippen MR) is 65.2 cm³/mol. The molecule has 1 aromatic heterocycles. The van der Waals surface area contributed by atoms with Crippen molar-refractivity contribution in [1.82, 2.24) is 10.2 Å². The van der Waals surface area contributed by atoms with Gasteiger partial charge in [-0.2, -0.15) is 0 Å². The van der Waals surface area contributed by atoms with E-state index in [1.54, 1.807) is 6.26 Å². The summed E-state index contributed by atoms with van der Waals surface area (Å²) in [4.78, 5) is 2.45. The third kappa shape index (κ3) is 3.65. The molecule has 1 unspecified atom stereocenters. The summed E-state index contributed by atoms with van der Waals surface area (Å²) in [5.74, 6) is 1.98. The Morgan fingerprint density at radius 2 is 2.38 bits per heavy atom. The molecule has 90 valence electrons. The second-order valence-corrected chi connectivity index (χ2v) is 4.94. The number of hydrogen-bond donors (Lipinski definition) is 1. The molecule has 3 heteroatoms. The molecule has 0 saturated heterocycles. The quantitative estimate of drug-likeness (QED) is 0.766. The molecule has 1 fully saturated rings. The lowest BCUT2D eigenvalue weighted by molar-refractivity contribution is 0.240. The van der Waals surface area contributed by atoms with Crippen LogP contribution in [-0.4, -0.2) is 31.1 Å². The smallest absolute Gasteiger partial charge is 0.117 e. The molecule has 1 aliphatic carbocycles. The first-order chi connectivity index (χ1) is 7.75. The molecule has 0 aromatic carbocycles.